The third kappa shape index (κ3) is 5.31. The van der Waals surface area contributed by atoms with Crippen LogP contribution in [0.25, 0.3) is 0 Å². The summed E-state index contributed by atoms with van der Waals surface area (Å²) in [5, 5.41) is 3.09. The van der Waals surface area contributed by atoms with Gasteiger partial charge in [0.15, 0.2) is 0 Å². The van der Waals surface area contributed by atoms with Crippen LogP contribution in [0.2, 0.25) is 0 Å². The smallest absolute Gasteiger partial charge is 0.261 e. The molecule has 4 rings (SSSR count). The second-order valence-electron chi connectivity index (χ2n) is 9.08. The van der Waals surface area contributed by atoms with Crippen LogP contribution in [0.1, 0.15) is 56.9 Å². The van der Waals surface area contributed by atoms with Crippen molar-refractivity contribution < 1.29 is 19.1 Å². The Morgan fingerprint density at radius 1 is 1.00 bits per heavy atom. The quantitative estimate of drug-likeness (QED) is 0.627. The van der Waals surface area contributed by atoms with Crippen LogP contribution in [0.5, 0.6) is 0 Å². The number of fused-ring (bicyclic) bond motifs is 1. The maximum absolute atomic E-state index is 12.9. The molecule has 2 heterocycles. The lowest BCUT2D eigenvalue weighted by Crippen LogP contribution is -2.49. The van der Waals surface area contributed by atoms with Crippen molar-refractivity contribution in [2.45, 2.75) is 32.9 Å². The number of imide groups is 1. The zero-order valence-corrected chi connectivity index (χ0v) is 19.3. The molecule has 1 unspecified atom stereocenters. The van der Waals surface area contributed by atoms with Gasteiger partial charge in [0.2, 0.25) is 0 Å². The van der Waals surface area contributed by atoms with Crippen LogP contribution in [-0.2, 0) is 11.3 Å². The summed E-state index contributed by atoms with van der Waals surface area (Å²) in [6.45, 7) is 8.30. The van der Waals surface area contributed by atoms with Gasteiger partial charge in [-0.2, -0.15) is 0 Å². The maximum atomic E-state index is 12.9. The molecule has 2 aliphatic heterocycles. The Labute approximate surface area is 194 Å². The molecule has 0 bridgehead atoms. The van der Waals surface area contributed by atoms with E-state index in [4.69, 9.17) is 4.74 Å². The number of hydrogen-bond acceptors (Lipinski definition) is 5. The summed E-state index contributed by atoms with van der Waals surface area (Å²) in [5.41, 5.74) is 2.12. The average molecular weight is 450 g/mol. The predicted octanol–water partition coefficient (Wildman–Crippen LogP) is 2.96. The minimum absolute atomic E-state index is 0.136. The van der Waals surface area contributed by atoms with E-state index in [0.29, 0.717) is 29.2 Å². The summed E-state index contributed by atoms with van der Waals surface area (Å²) < 4.78 is 5.47. The first-order chi connectivity index (χ1) is 15.9. The standard InChI is InChI=1S/C26H31N3O4/c1-18(2)14-21(28-10-12-33-13-11-28)16-27-24(30)20-7-5-6-19(15-20)17-29-25(31)22-8-3-4-9-23(22)26(29)32/h3-9,15,18,21H,10-14,16-17H2,1-2H3,(H,27,30). The van der Waals surface area contributed by atoms with Crippen molar-refractivity contribution in [2.75, 3.05) is 32.8 Å². The van der Waals surface area contributed by atoms with Gasteiger partial charge in [-0.25, -0.2) is 0 Å². The SMILES string of the molecule is CC(C)CC(CNC(=O)c1cccc(CN2C(=O)c3ccccc3C2=O)c1)N1CCOCC1. The number of carbonyl (C=O) groups is 3. The van der Waals surface area contributed by atoms with Crippen molar-refractivity contribution >= 4 is 17.7 Å². The number of rotatable bonds is 8. The molecule has 0 aromatic heterocycles. The number of ether oxygens (including phenoxy) is 1. The Balaban J connectivity index is 1.40. The van der Waals surface area contributed by atoms with Crippen LogP contribution in [-0.4, -0.2) is 66.4 Å². The van der Waals surface area contributed by atoms with Gasteiger partial charge in [-0.3, -0.25) is 24.2 Å². The van der Waals surface area contributed by atoms with Crippen molar-refractivity contribution in [3.05, 3.63) is 70.8 Å². The summed E-state index contributed by atoms with van der Waals surface area (Å²) >= 11 is 0. The molecule has 2 aliphatic rings. The van der Waals surface area contributed by atoms with E-state index in [1.54, 1.807) is 42.5 Å². The molecule has 7 heteroatoms. The molecule has 3 amide bonds. The number of benzene rings is 2. The first-order valence-electron chi connectivity index (χ1n) is 11.6. The molecular formula is C26H31N3O4. The molecule has 2 aromatic carbocycles. The molecule has 1 saturated heterocycles. The Kier molecular flexibility index (Phi) is 7.20. The molecule has 0 saturated carbocycles. The van der Waals surface area contributed by atoms with Gasteiger partial charge in [0.25, 0.3) is 17.7 Å². The zero-order valence-electron chi connectivity index (χ0n) is 19.3. The average Bonchev–Trinajstić information content (AvgIpc) is 3.07. The van der Waals surface area contributed by atoms with E-state index in [9.17, 15) is 14.4 Å². The van der Waals surface area contributed by atoms with Gasteiger partial charge in [0.1, 0.15) is 0 Å². The summed E-state index contributed by atoms with van der Waals surface area (Å²) in [5.74, 6) is -0.223. The van der Waals surface area contributed by atoms with E-state index >= 15 is 0 Å². The molecule has 2 aromatic rings. The van der Waals surface area contributed by atoms with Crippen LogP contribution in [0, 0.1) is 5.92 Å². The topological polar surface area (TPSA) is 79.0 Å². The number of carbonyl (C=O) groups excluding carboxylic acids is 3. The first kappa shape index (κ1) is 23.1. The Bertz CT molecular complexity index is 995. The molecule has 33 heavy (non-hydrogen) atoms. The molecule has 174 valence electrons. The van der Waals surface area contributed by atoms with Gasteiger partial charge in [-0.05, 0) is 42.2 Å². The second kappa shape index (κ2) is 10.3. The van der Waals surface area contributed by atoms with Crippen molar-refractivity contribution in [1.82, 2.24) is 15.1 Å². The van der Waals surface area contributed by atoms with Crippen molar-refractivity contribution in [2.24, 2.45) is 5.92 Å². The van der Waals surface area contributed by atoms with Crippen molar-refractivity contribution in [3.8, 4) is 0 Å². The third-order valence-electron chi connectivity index (χ3n) is 6.21. The highest BCUT2D eigenvalue weighted by molar-refractivity contribution is 6.21. The van der Waals surface area contributed by atoms with Crippen LogP contribution < -0.4 is 5.32 Å². The first-order valence-corrected chi connectivity index (χ1v) is 11.6. The number of nitrogens with zero attached hydrogens (tertiary/aromatic N) is 2. The monoisotopic (exact) mass is 449 g/mol. The Morgan fingerprint density at radius 3 is 2.30 bits per heavy atom. The number of morpholine rings is 1. The van der Waals surface area contributed by atoms with Gasteiger partial charge in [0, 0.05) is 31.2 Å². The minimum atomic E-state index is -0.299. The van der Waals surface area contributed by atoms with Crippen LogP contribution in [0.3, 0.4) is 0 Å². The number of amides is 3. The molecule has 0 spiro atoms. The van der Waals surface area contributed by atoms with Gasteiger partial charge in [-0.1, -0.05) is 38.1 Å². The fourth-order valence-corrected chi connectivity index (χ4v) is 4.54. The second-order valence-corrected chi connectivity index (χ2v) is 9.08. The Morgan fingerprint density at radius 2 is 1.67 bits per heavy atom. The summed E-state index contributed by atoms with van der Waals surface area (Å²) in [6.07, 6.45) is 1.00. The Hall–Kier alpha value is -3.03. The largest absolute Gasteiger partial charge is 0.379 e. The molecular weight excluding hydrogens is 418 g/mol. The summed E-state index contributed by atoms with van der Waals surface area (Å²) in [7, 11) is 0. The highest BCUT2D eigenvalue weighted by atomic mass is 16.5. The molecule has 0 radical (unpaired) electrons. The fourth-order valence-electron chi connectivity index (χ4n) is 4.54. The fraction of sp³-hybridized carbons (Fsp3) is 0.423. The van der Waals surface area contributed by atoms with Gasteiger partial charge in [0.05, 0.1) is 30.9 Å². The van der Waals surface area contributed by atoms with E-state index in [2.05, 4.69) is 24.1 Å². The highest BCUT2D eigenvalue weighted by Crippen LogP contribution is 2.24. The van der Waals surface area contributed by atoms with Crippen molar-refractivity contribution in [3.63, 3.8) is 0 Å². The lowest BCUT2D eigenvalue weighted by molar-refractivity contribution is 0.0124. The van der Waals surface area contributed by atoms with Gasteiger partial charge in [-0.15, -0.1) is 0 Å². The van der Waals surface area contributed by atoms with Gasteiger partial charge < -0.3 is 10.1 Å². The van der Waals surface area contributed by atoms with E-state index in [1.165, 1.54) is 4.90 Å². The van der Waals surface area contributed by atoms with E-state index < -0.39 is 0 Å². The molecule has 0 aliphatic carbocycles. The van der Waals surface area contributed by atoms with E-state index in [1.807, 2.05) is 6.07 Å². The van der Waals surface area contributed by atoms with E-state index in [0.717, 1.165) is 38.3 Å². The molecule has 1 atom stereocenters. The van der Waals surface area contributed by atoms with Gasteiger partial charge >= 0.3 is 0 Å². The highest BCUT2D eigenvalue weighted by Gasteiger charge is 2.35. The number of hydrogen-bond donors (Lipinski definition) is 1. The molecule has 1 N–H and O–H groups in total. The lowest BCUT2D eigenvalue weighted by Gasteiger charge is -2.35. The summed E-state index contributed by atoms with van der Waals surface area (Å²) in [4.78, 5) is 41.9. The molecule has 1 fully saturated rings. The van der Waals surface area contributed by atoms with Crippen molar-refractivity contribution in [1.29, 1.82) is 0 Å². The lowest BCUT2D eigenvalue weighted by atomic mass is 10.0. The maximum Gasteiger partial charge on any atom is 0.261 e. The molecule has 7 nitrogen and oxygen atoms in total. The third-order valence-corrected chi connectivity index (χ3v) is 6.21. The number of nitrogens with one attached hydrogen (secondary N) is 1. The zero-order chi connectivity index (χ0) is 23.4. The minimum Gasteiger partial charge on any atom is -0.379 e. The van der Waals surface area contributed by atoms with Crippen LogP contribution in [0.4, 0.5) is 0 Å². The van der Waals surface area contributed by atoms with Crippen LogP contribution >= 0.6 is 0 Å². The summed E-state index contributed by atoms with van der Waals surface area (Å²) in [6, 6.07) is 14.2. The predicted molar refractivity (Wildman–Crippen MR) is 125 cm³/mol. The normalized spacial score (nSPS) is 17.4. The van der Waals surface area contributed by atoms with Crippen LogP contribution in [0.15, 0.2) is 48.5 Å². The van der Waals surface area contributed by atoms with E-state index in [-0.39, 0.29) is 30.3 Å².